The number of carbonyl (C=O) groups is 2. The molecule has 6 nitrogen and oxygen atoms in total. The lowest BCUT2D eigenvalue weighted by Crippen LogP contribution is -2.44. The van der Waals surface area contributed by atoms with E-state index in [2.05, 4.69) is 15.6 Å². The van der Waals surface area contributed by atoms with Crippen LogP contribution in [-0.4, -0.2) is 29.4 Å². The number of nitrogens with zero attached hydrogens (tertiary/aromatic N) is 1. The van der Waals surface area contributed by atoms with E-state index < -0.39 is 5.54 Å². The van der Waals surface area contributed by atoms with E-state index in [0.29, 0.717) is 25.7 Å². The summed E-state index contributed by atoms with van der Waals surface area (Å²) in [5.74, 6) is 0.796. The molecule has 0 saturated carbocycles. The first-order valence-electron chi connectivity index (χ1n) is 11.3. The van der Waals surface area contributed by atoms with Gasteiger partial charge in [0.2, 0.25) is 11.8 Å². The van der Waals surface area contributed by atoms with E-state index in [1.165, 1.54) is 0 Å². The lowest BCUT2D eigenvalue weighted by Gasteiger charge is -2.30. The van der Waals surface area contributed by atoms with Crippen molar-refractivity contribution in [3.63, 3.8) is 0 Å². The largest absolute Gasteiger partial charge is 0.497 e. The van der Waals surface area contributed by atoms with Crippen molar-refractivity contribution in [2.45, 2.75) is 43.7 Å². The molecule has 1 saturated heterocycles. The van der Waals surface area contributed by atoms with Crippen molar-refractivity contribution >= 4 is 11.8 Å². The monoisotopic (exact) mass is 443 g/mol. The molecule has 1 aromatic heterocycles. The fourth-order valence-corrected chi connectivity index (χ4v) is 4.46. The fourth-order valence-electron chi connectivity index (χ4n) is 4.46. The number of benzene rings is 2. The van der Waals surface area contributed by atoms with Gasteiger partial charge < -0.3 is 15.4 Å². The highest BCUT2D eigenvalue weighted by molar-refractivity contribution is 5.80. The number of amides is 2. The fraction of sp³-hybridized carbons (Fsp3) is 0.296. The first-order valence-corrected chi connectivity index (χ1v) is 11.3. The lowest BCUT2D eigenvalue weighted by atomic mass is 9.85. The average Bonchev–Trinajstić information content (AvgIpc) is 3.23. The Bertz CT molecular complexity index is 1030. The molecule has 0 radical (unpaired) electrons. The minimum Gasteiger partial charge on any atom is -0.497 e. The molecule has 1 aliphatic rings. The highest BCUT2D eigenvalue weighted by Gasteiger charge is 2.38. The van der Waals surface area contributed by atoms with Gasteiger partial charge in [-0.25, -0.2) is 0 Å². The second kappa shape index (κ2) is 10.3. The van der Waals surface area contributed by atoms with E-state index in [-0.39, 0.29) is 17.9 Å². The van der Waals surface area contributed by atoms with Gasteiger partial charge in [-0.1, -0.05) is 42.5 Å². The Morgan fingerprint density at radius 2 is 1.76 bits per heavy atom. The van der Waals surface area contributed by atoms with Crippen LogP contribution in [0, 0.1) is 0 Å². The van der Waals surface area contributed by atoms with Gasteiger partial charge in [0.25, 0.3) is 0 Å². The lowest BCUT2D eigenvalue weighted by molar-refractivity contribution is -0.123. The summed E-state index contributed by atoms with van der Waals surface area (Å²) in [7, 11) is 1.64. The Morgan fingerprint density at radius 3 is 2.39 bits per heavy atom. The molecule has 2 amide bonds. The maximum Gasteiger partial charge on any atom is 0.220 e. The molecule has 1 aliphatic heterocycles. The van der Waals surface area contributed by atoms with Crippen LogP contribution in [-0.2, 0) is 16.0 Å². The molecular formula is C27H29N3O3. The van der Waals surface area contributed by atoms with Crippen LogP contribution in [0.5, 0.6) is 5.75 Å². The standard InChI is InChI=1S/C27H29N3O3/c1-33-23-9-7-20(8-10-23)19-27(16-12-25(32)30-27)15-11-24(31)29-26(21-5-3-2-4-6-21)22-13-17-28-18-14-22/h2-10,13-14,17-18,26H,11-12,15-16,19H2,1H3,(H,29,31)(H,30,32)/t26-,27+/m1/s1. The maximum atomic E-state index is 13.1. The van der Waals surface area contributed by atoms with Crippen molar-refractivity contribution in [1.82, 2.24) is 15.6 Å². The van der Waals surface area contributed by atoms with Crippen molar-refractivity contribution in [3.8, 4) is 5.75 Å². The second-order valence-electron chi connectivity index (χ2n) is 8.55. The molecule has 0 spiro atoms. The van der Waals surface area contributed by atoms with Crippen LogP contribution in [0.4, 0.5) is 0 Å². The number of nitrogens with one attached hydrogen (secondary N) is 2. The van der Waals surface area contributed by atoms with Crippen LogP contribution in [0.2, 0.25) is 0 Å². The van der Waals surface area contributed by atoms with Crippen LogP contribution >= 0.6 is 0 Å². The molecule has 0 aliphatic carbocycles. The van der Waals surface area contributed by atoms with Crippen molar-refractivity contribution in [2.24, 2.45) is 0 Å². The maximum absolute atomic E-state index is 13.1. The van der Waals surface area contributed by atoms with Gasteiger partial charge in [0.15, 0.2) is 0 Å². The molecular weight excluding hydrogens is 414 g/mol. The summed E-state index contributed by atoms with van der Waals surface area (Å²) >= 11 is 0. The summed E-state index contributed by atoms with van der Waals surface area (Å²) in [4.78, 5) is 29.3. The van der Waals surface area contributed by atoms with Gasteiger partial charge in [-0.2, -0.15) is 0 Å². The van der Waals surface area contributed by atoms with Gasteiger partial charge in [-0.05, 0) is 60.2 Å². The smallest absolute Gasteiger partial charge is 0.220 e. The Morgan fingerprint density at radius 1 is 1.06 bits per heavy atom. The van der Waals surface area contributed by atoms with Crippen LogP contribution in [0.25, 0.3) is 0 Å². The molecule has 33 heavy (non-hydrogen) atoms. The number of ether oxygens (including phenoxy) is 1. The Labute approximate surface area is 194 Å². The van der Waals surface area contributed by atoms with Crippen molar-refractivity contribution in [2.75, 3.05) is 7.11 Å². The number of rotatable bonds is 9. The number of hydrogen-bond donors (Lipinski definition) is 2. The molecule has 2 N–H and O–H groups in total. The van der Waals surface area contributed by atoms with E-state index in [0.717, 1.165) is 28.9 Å². The highest BCUT2D eigenvalue weighted by atomic mass is 16.5. The number of hydrogen-bond acceptors (Lipinski definition) is 4. The van der Waals surface area contributed by atoms with Gasteiger partial charge >= 0.3 is 0 Å². The van der Waals surface area contributed by atoms with Crippen LogP contribution in [0.1, 0.15) is 48.4 Å². The molecule has 6 heteroatoms. The predicted molar refractivity (Wildman–Crippen MR) is 127 cm³/mol. The van der Waals surface area contributed by atoms with Crippen molar-refractivity contribution in [1.29, 1.82) is 0 Å². The Hall–Kier alpha value is -3.67. The zero-order chi connectivity index (χ0) is 23.1. The second-order valence-corrected chi connectivity index (χ2v) is 8.55. The summed E-state index contributed by atoms with van der Waals surface area (Å²) in [6.45, 7) is 0. The van der Waals surface area contributed by atoms with Gasteiger partial charge in [-0.15, -0.1) is 0 Å². The van der Waals surface area contributed by atoms with E-state index in [1.54, 1.807) is 19.5 Å². The quantitative estimate of drug-likeness (QED) is 0.525. The van der Waals surface area contributed by atoms with Gasteiger partial charge in [0.1, 0.15) is 5.75 Å². The van der Waals surface area contributed by atoms with Crippen molar-refractivity contribution < 1.29 is 14.3 Å². The molecule has 4 rings (SSSR count). The number of carbonyl (C=O) groups excluding carboxylic acids is 2. The number of methoxy groups -OCH3 is 1. The molecule has 170 valence electrons. The van der Waals surface area contributed by atoms with Gasteiger partial charge in [0.05, 0.1) is 13.2 Å². The zero-order valence-corrected chi connectivity index (χ0v) is 18.8. The number of aromatic nitrogens is 1. The summed E-state index contributed by atoms with van der Waals surface area (Å²) in [5, 5.41) is 6.34. The summed E-state index contributed by atoms with van der Waals surface area (Å²) in [6, 6.07) is 21.4. The van der Waals surface area contributed by atoms with Gasteiger partial charge in [-0.3, -0.25) is 14.6 Å². The zero-order valence-electron chi connectivity index (χ0n) is 18.8. The molecule has 0 unspecified atom stereocenters. The first kappa shape index (κ1) is 22.5. The molecule has 2 aromatic carbocycles. The third kappa shape index (κ3) is 5.77. The number of pyridine rings is 1. The van der Waals surface area contributed by atoms with E-state index >= 15 is 0 Å². The van der Waals surface area contributed by atoms with Crippen LogP contribution < -0.4 is 15.4 Å². The predicted octanol–water partition coefficient (Wildman–Crippen LogP) is 3.97. The Balaban J connectivity index is 1.45. The Kier molecular flexibility index (Phi) is 7.03. The molecule has 3 aromatic rings. The summed E-state index contributed by atoms with van der Waals surface area (Å²) < 4.78 is 5.24. The van der Waals surface area contributed by atoms with E-state index in [9.17, 15) is 9.59 Å². The SMILES string of the molecule is COc1ccc(C[C@]2(CCC(=O)N[C@H](c3ccccc3)c3ccncc3)CCC(=O)N2)cc1. The third-order valence-electron chi connectivity index (χ3n) is 6.25. The van der Waals surface area contributed by atoms with E-state index in [4.69, 9.17) is 4.74 Å². The molecule has 1 fully saturated rings. The first-order chi connectivity index (χ1) is 16.1. The topological polar surface area (TPSA) is 80.3 Å². The molecule has 0 bridgehead atoms. The minimum absolute atomic E-state index is 0.0443. The minimum atomic E-state index is -0.415. The van der Waals surface area contributed by atoms with Crippen molar-refractivity contribution in [3.05, 3.63) is 95.8 Å². The highest BCUT2D eigenvalue weighted by Crippen LogP contribution is 2.30. The third-order valence-corrected chi connectivity index (χ3v) is 6.25. The molecule has 2 atom stereocenters. The molecule has 2 heterocycles. The average molecular weight is 444 g/mol. The summed E-state index contributed by atoms with van der Waals surface area (Å²) in [6.07, 6.45) is 6.26. The van der Waals surface area contributed by atoms with E-state index in [1.807, 2.05) is 66.7 Å². The summed E-state index contributed by atoms with van der Waals surface area (Å²) in [5.41, 5.74) is 2.69. The van der Waals surface area contributed by atoms with Crippen LogP contribution in [0.3, 0.4) is 0 Å². The van der Waals surface area contributed by atoms with Crippen LogP contribution in [0.15, 0.2) is 79.1 Å². The normalized spacial score (nSPS) is 18.4. The van der Waals surface area contributed by atoms with Gasteiger partial charge in [0, 0.05) is 30.8 Å².